The summed E-state index contributed by atoms with van der Waals surface area (Å²) in [6.07, 6.45) is 6.19. The van der Waals surface area contributed by atoms with Crippen molar-refractivity contribution < 1.29 is 9.59 Å². The van der Waals surface area contributed by atoms with Crippen LogP contribution in [0.4, 0.5) is 5.69 Å². The molecule has 2 N–H and O–H groups in total. The molecule has 5 heteroatoms. The fourth-order valence-corrected chi connectivity index (χ4v) is 2.65. The summed E-state index contributed by atoms with van der Waals surface area (Å²) in [7, 11) is 0. The van der Waals surface area contributed by atoms with Gasteiger partial charge < -0.3 is 15.5 Å². The average molecular weight is 315 g/mol. The topological polar surface area (TPSA) is 61.4 Å². The third-order valence-corrected chi connectivity index (χ3v) is 3.90. The van der Waals surface area contributed by atoms with E-state index in [1.54, 1.807) is 6.08 Å². The zero-order valence-electron chi connectivity index (χ0n) is 13.5. The smallest absolute Gasteiger partial charge is 0.253 e. The number of nitrogens with one attached hydrogen (secondary N) is 2. The highest BCUT2D eigenvalue weighted by Gasteiger charge is 2.17. The summed E-state index contributed by atoms with van der Waals surface area (Å²) >= 11 is 0. The number of anilines is 1. The van der Waals surface area contributed by atoms with E-state index in [9.17, 15) is 9.59 Å². The second-order valence-electron chi connectivity index (χ2n) is 5.73. The standard InChI is InChI=1S/C18H25N3O2/c1-2-10-19-17(22)14-20-16-9-7-8-15(13-16)18(23)21-11-5-3-4-6-12-21/h2,7-9,13,20H,1,3-6,10-12,14H2,(H,19,22). The summed E-state index contributed by atoms with van der Waals surface area (Å²) in [4.78, 5) is 26.1. The predicted octanol–water partition coefficient (Wildman–Crippen LogP) is 2.42. The van der Waals surface area contributed by atoms with E-state index in [0.717, 1.165) is 31.6 Å². The Morgan fingerprint density at radius 2 is 1.91 bits per heavy atom. The molecular formula is C18H25N3O2. The highest BCUT2D eigenvalue weighted by molar-refractivity contribution is 5.95. The van der Waals surface area contributed by atoms with Crippen LogP contribution in [-0.4, -0.2) is 42.9 Å². The predicted molar refractivity (Wildman–Crippen MR) is 92.5 cm³/mol. The Hall–Kier alpha value is -2.30. The van der Waals surface area contributed by atoms with Crippen molar-refractivity contribution in [3.8, 4) is 0 Å². The van der Waals surface area contributed by atoms with Gasteiger partial charge in [0, 0.05) is 30.9 Å². The number of carbonyl (C=O) groups excluding carboxylic acids is 2. The first-order chi connectivity index (χ1) is 11.2. The number of hydrogen-bond acceptors (Lipinski definition) is 3. The van der Waals surface area contributed by atoms with Gasteiger partial charge in [-0.2, -0.15) is 0 Å². The Kier molecular flexibility index (Phi) is 6.66. The monoisotopic (exact) mass is 315 g/mol. The molecule has 1 aliphatic rings. The van der Waals surface area contributed by atoms with Gasteiger partial charge >= 0.3 is 0 Å². The van der Waals surface area contributed by atoms with Crippen LogP contribution in [0.5, 0.6) is 0 Å². The Bertz CT molecular complexity index is 549. The Balaban J connectivity index is 1.94. The lowest BCUT2D eigenvalue weighted by molar-refractivity contribution is -0.119. The van der Waals surface area contributed by atoms with Crippen LogP contribution in [0.25, 0.3) is 0 Å². The minimum atomic E-state index is -0.103. The normalized spacial score (nSPS) is 14.7. The molecule has 23 heavy (non-hydrogen) atoms. The third-order valence-electron chi connectivity index (χ3n) is 3.90. The maximum atomic E-state index is 12.6. The lowest BCUT2D eigenvalue weighted by Crippen LogP contribution is -2.32. The molecule has 1 fully saturated rings. The summed E-state index contributed by atoms with van der Waals surface area (Å²) < 4.78 is 0. The summed E-state index contributed by atoms with van der Waals surface area (Å²) in [5, 5.41) is 5.75. The average Bonchev–Trinajstić information content (AvgIpc) is 2.87. The van der Waals surface area contributed by atoms with E-state index in [2.05, 4.69) is 17.2 Å². The maximum Gasteiger partial charge on any atom is 0.253 e. The fraction of sp³-hybridized carbons (Fsp3) is 0.444. The molecule has 1 heterocycles. The maximum absolute atomic E-state index is 12.6. The van der Waals surface area contributed by atoms with E-state index in [-0.39, 0.29) is 18.4 Å². The SMILES string of the molecule is C=CCNC(=O)CNc1cccc(C(=O)N2CCCCCC2)c1. The first-order valence-corrected chi connectivity index (χ1v) is 8.21. The number of amides is 2. The van der Waals surface area contributed by atoms with Gasteiger partial charge in [0.2, 0.25) is 5.91 Å². The first kappa shape index (κ1) is 17.1. The summed E-state index contributed by atoms with van der Waals surface area (Å²) in [5.74, 6) is -0.0270. The minimum Gasteiger partial charge on any atom is -0.376 e. The van der Waals surface area contributed by atoms with Gasteiger partial charge in [-0.25, -0.2) is 0 Å². The van der Waals surface area contributed by atoms with Gasteiger partial charge in [0.25, 0.3) is 5.91 Å². The molecule has 124 valence electrons. The molecule has 0 unspecified atom stereocenters. The second-order valence-corrected chi connectivity index (χ2v) is 5.73. The van der Waals surface area contributed by atoms with E-state index in [4.69, 9.17) is 0 Å². The molecule has 0 spiro atoms. The number of likely N-dealkylation sites (tertiary alicyclic amines) is 1. The molecule has 0 aliphatic carbocycles. The first-order valence-electron chi connectivity index (χ1n) is 8.21. The van der Waals surface area contributed by atoms with Crippen molar-refractivity contribution in [2.45, 2.75) is 25.7 Å². The van der Waals surface area contributed by atoms with E-state index in [1.165, 1.54) is 12.8 Å². The molecule has 1 aromatic carbocycles. The van der Waals surface area contributed by atoms with Crippen LogP contribution in [0.15, 0.2) is 36.9 Å². The quantitative estimate of drug-likeness (QED) is 0.793. The van der Waals surface area contributed by atoms with Crippen LogP contribution in [-0.2, 0) is 4.79 Å². The van der Waals surface area contributed by atoms with Gasteiger partial charge in [-0.15, -0.1) is 6.58 Å². The number of rotatable bonds is 6. The van der Waals surface area contributed by atoms with E-state index < -0.39 is 0 Å². The molecule has 0 saturated carbocycles. The van der Waals surface area contributed by atoms with Crippen molar-refractivity contribution in [3.63, 3.8) is 0 Å². The minimum absolute atomic E-state index is 0.0756. The van der Waals surface area contributed by atoms with E-state index in [1.807, 2.05) is 29.2 Å². The summed E-state index contributed by atoms with van der Waals surface area (Å²) in [6.45, 7) is 5.85. The van der Waals surface area contributed by atoms with Crippen molar-refractivity contribution in [3.05, 3.63) is 42.5 Å². The molecule has 1 saturated heterocycles. The Morgan fingerprint density at radius 1 is 1.17 bits per heavy atom. The van der Waals surface area contributed by atoms with Crippen LogP contribution in [0, 0.1) is 0 Å². The van der Waals surface area contributed by atoms with Gasteiger partial charge in [-0.1, -0.05) is 25.0 Å². The van der Waals surface area contributed by atoms with Crippen molar-refractivity contribution >= 4 is 17.5 Å². The van der Waals surface area contributed by atoms with Crippen LogP contribution >= 0.6 is 0 Å². The highest BCUT2D eigenvalue weighted by Crippen LogP contribution is 2.16. The van der Waals surface area contributed by atoms with Crippen molar-refractivity contribution in [2.75, 3.05) is 31.5 Å². The van der Waals surface area contributed by atoms with Gasteiger partial charge in [0.1, 0.15) is 0 Å². The molecule has 0 atom stereocenters. The van der Waals surface area contributed by atoms with Gasteiger partial charge in [-0.3, -0.25) is 9.59 Å². The molecule has 5 nitrogen and oxygen atoms in total. The van der Waals surface area contributed by atoms with Crippen LogP contribution < -0.4 is 10.6 Å². The third kappa shape index (κ3) is 5.43. The number of carbonyl (C=O) groups is 2. The number of benzene rings is 1. The number of nitrogens with zero attached hydrogens (tertiary/aromatic N) is 1. The van der Waals surface area contributed by atoms with Gasteiger partial charge in [-0.05, 0) is 31.0 Å². The molecule has 2 rings (SSSR count). The zero-order valence-corrected chi connectivity index (χ0v) is 13.5. The van der Waals surface area contributed by atoms with Gasteiger partial charge in [0.15, 0.2) is 0 Å². The zero-order chi connectivity index (χ0) is 16.5. The van der Waals surface area contributed by atoms with E-state index >= 15 is 0 Å². The molecule has 0 radical (unpaired) electrons. The van der Waals surface area contributed by atoms with E-state index in [0.29, 0.717) is 12.1 Å². The van der Waals surface area contributed by atoms with Crippen LogP contribution in [0.3, 0.4) is 0 Å². The molecule has 0 aromatic heterocycles. The van der Waals surface area contributed by atoms with Crippen molar-refractivity contribution in [1.82, 2.24) is 10.2 Å². The van der Waals surface area contributed by atoms with Crippen molar-refractivity contribution in [1.29, 1.82) is 0 Å². The molecule has 0 bridgehead atoms. The molecule has 1 aromatic rings. The number of hydrogen-bond donors (Lipinski definition) is 2. The highest BCUT2D eigenvalue weighted by atomic mass is 16.2. The molecule has 1 aliphatic heterocycles. The fourth-order valence-electron chi connectivity index (χ4n) is 2.65. The lowest BCUT2D eigenvalue weighted by atomic mass is 10.1. The largest absolute Gasteiger partial charge is 0.376 e. The summed E-state index contributed by atoms with van der Waals surface area (Å²) in [6, 6.07) is 7.35. The Labute approximate surface area is 137 Å². The molecular weight excluding hydrogens is 290 g/mol. The lowest BCUT2D eigenvalue weighted by Gasteiger charge is -2.20. The van der Waals surface area contributed by atoms with Crippen molar-refractivity contribution in [2.24, 2.45) is 0 Å². The molecule has 2 amide bonds. The van der Waals surface area contributed by atoms with Crippen LogP contribution in [0.1, 0.15) is 36.0 Å². The second kappa shape index (κ2) is 8.98. The van der Waals surface area contributed by atoms with Gasteiger partial charge in [0.05, 0.1) is 6.54 Å². The summed E-state index contributed by atoms with van der Waals surface area (Å²) in [5.41, 5.74) is 1.45. The Morgan fingerprint density at radius 3 is 2.61 bits per heavy atom. The van der Waals surface area contributed by atoms with Crippen LogP contribution in [0.2, 0.25) is 0 Å².